The summed E-state index contributed by atoms with van der Waals surface area (Å²) in [5.74, 6) is 0.737. The summed E-state index contributed by atoms with van der Waals surface area (Å²) in [6.07, 6.45) is 0.160. The minimum Gasteiger partial charge on any atom is -0.484 e. The van der Waals surface area contributed by atoms with Crippen LogP contribution in [0.4, 0.5) is 0 Å². The van der Waals surface area contributed by atoms with E-state index in [9.17, 15) is 4.79 Å². The Balaban J connectivity index is 1.87. The van der Waals surface area contributed by atoms with Crippen LogP contribution in [-0.2, 0) is 16.1 Å². The summed E-state index contributed by atoms with van der Waals surface area (Å²) in [5, 5.41) is 3.09. The average molecular weight is 292 g/mol. The number of hydrogen-bond acceptors (Lipinski definition) is 4. The van der Waals surface area contributed by atoms with Crippen molar-refractivity contribution in [3.8, 4) is 5.75 Å². The molecule has 2 atom stereocenters. The van der Waals surface area contributed by atoms with Crippen molar-refractivity contribution in [1.82, 2.24) is 10.2 Å². The highest BCUT2D eigenvalue weighted by Crippen LogP contribution is 2.15. The molecule has 0 spiro atoms. The van der Waals surface area contributed by atoms with Gasteiger partial charge in [-0.3, -0.25) is 4.79 Å². The van der Waals surface area contributed by atoms with Crippen LogP contribution < -0.4 is 10.1 Å². The fraction of sp³-hybridized carbons (Fsp3) is 0.562. The van der Waals surface area contributed by atoms with Crippen molar-refractivity contribution in [2.75, 3.05) is 26.7 Å². The predicted octanol–water partition coefficient (Wildman–Crippen LogP) is 1.42. The average Bonchev–Trinajstić information content (AvgIpc) is 2.44. The highest BCUT2D eigenvalue weighted by atomic mass is 16.5. The summed E-state index contributed by atoms with van der Waals surface area (Å²) in [6, 6.07) is 7.78. The minimum absolute atomic E-state index is 0.0102. The minimum atomic E-state index is 0.0102. The molecule has 0 radical (unpaired) electrons. The summed E-state index contributed by atoms with van der Waals surface area (Å²) >= 11 is 0. The first-order valence-electron chi connectivity index (χ1n) is 7.38. The van der Waals surface area contributed by atoms with Crippen LogP contribution in [0.5, 0.6) is 5.75 Å². The van der Waals surface area contributed by atoms with Crippen LogP contribution >= 0.6 is 0 Å². The highest BCUT2D eigenvalue weighted by molar-refractivity contribution is 5.78. The first-order chi connectivity index (χ1) is 10.1. The lowest BCUT2D eigenvalue weighted by Crippen LogP contribution is -2.49. The molecule has 5 heteroatoms. The number of carbonyl (C=O) groups excluding carboxylic acids is 1. The lowest BCUT2D eigenvalue weighted by Gasteiger charge is -2.35. The Morgan fingerprint density at radius 3 is 2.76 bits per heavy atom. The van der Waals surface area contributed by atoms with E-state index < -0.39 is 0 Å². The van der Waals surface area contributed by atoms with Crippen LogP contribution in [0.2, 0.25) is 0 Å². The molecular formula is C16H24N2O3. The van der Waals surface area contributed by atoms with E-state index in [1.54, 1.807) is 0 Å². The van der Waals surface area contributed by atoms with Crippen molar-refractivity contribution in [2.45, 2.75) is 32.6 Å². The van der Waals surface area contributed by atoms with Crippen LogP contribution in [0.1, 0.15) is 19.4 Å². The van der Waals surface area contributed by atoms with Gasteiger partial charge in [-0.2, -0.15) is 0 Å². The monoisotopic (exact) mass is 292 g/mol. The number of morpholine rings is 1. The molecule has 0 aliphatic carbocycles. The van der Waals surface area contributed by atoms with Gasteiger partial charge in [0.2, 0.25) is 0 Å². The van der Waals surface area contributed by atoms with E-state index in [1.807, 2.05) is 50.1 Å². The third-order valence-corrected chi connectivity index (χ3v) is 3.41. The van der Waals surface area contributed by atoms with E-state index in [2.05, 4.69) is 5.32 Å². The van der Waals surface area contributed by atoms with E-state index in [-0.39, 0.29) is 24.7 Å². The number of nitrogens with one attached hydrogen (secondary N) is 1. The number of benzene rings is 1. The van der Waals surface area contributed by atoms with Gasteiger partial charge in [0.25, 0.3) is 5.91 Å². The number of hydrogen-bond donors (Lipinski definition) is 1. The molecule has 0 bridgehead atoms. The lowest BCUT2D eigenvalue weighted by atomic mass is 10.2. The second kappa shape index (κ2) is 7.43. The zero-order valence-electron chi connectivity index (χ0n) is 13.0. The first kappa shape index (κ1) is 15.8. The molecule has 5 nitrogen and oxygen atoms in total. The van der Waals surface area contributed by atoms with Crippen molar-refractivity contribution in [3.05, 3.63) is 29.8 Å². The maximum absolute atomic E-state index is 12.2. The Morgan fingerprint density at radius 2 is 2.10 bits per heavy atom. The Labute approximate surface area is 126 Å². The second-order valence-corrected chi connectivity index (χ2v) is 5.52. The predicted molar refractivity (Wildman–Crippen MR) is 81.3 cm³/mol. The van der Waals surface area contributed by atoms with Crippen molar-refractivity contribution in [1.29, 1.82) is 0 Å². The summed E-state index contributed by atoms with van der Waals surface area (Å²) in [6.45, 7) is 6.08. The van der Waals surface area contributed by atoms with Crippen LogP contribution in [0.3, 0.4) is 0 Å². The summed E-state index contributed by atoms with van der Waals surface area (Å²) in [7, 11) is 1.90. The third-order valence-electron chi connectivity index (χ3n) is 3.41. The van der Waals surface area contributed by atoms with E-state index in [0.717, 1.165) is 17.9 Å². The topological polar surface area (TPSA) is 50.8 Å². The van der Waals surface area contributed by atoms with Crippen molar-refractivity contribution >= 4 is 5.91 Å². The molecule has 1 aromatic rings. The Kier molecular flexibility index (Phi) is 5.59. The fourth-order valence-corrected chi connectivity index (χ4v) is 2.57. The van der Waals surface area contributed by atoms with Crippen LogP contribution in [0, 0.1) is 0 Å². The molecule has 1 saturated heterocycles. The zero-order chi connectivity index (χ0) is 15.2. The maximum atomic E-state index is 12.2. The SMILES string of the molecule is CNCc1cccc(OCC(=O)N2CC(C)OC(C)C2)c1. The lowest BCUT2D eigenvalue weighted by molar-refractivity contribution is -0.145. The Morgan fingerprint density at radius 1 is 1.38 bits per heavy atom. The zero-order valence-corrected chi connectivity index (χ0v) is 13.0. The molecule has 1 N–H and O–H groups in total. The van der Waals surface area contributed by atoms with Gasteiger partial charge >= 0.3 is 0 Å². The first-order valence-corrected chi connectivity index (χ1v) is 7.38. The number of amides is 1. The molecule has 1 aromatic carbocycles. The molecule has 1 aliphatic rings. The molecule has 21 heavy (non-hydrogen) atoms. The van der Waals surface area contributed by atoms with Crippen LogP contribution in [-0.4, -0.2) is 49.8 Å². The molecule has 1 fully saturated rings. The van der Waals surface area contributed by atoms with Crippen LogP contribution in [0.25, 0.3) is 0 Å². The Bertz CT molecular complexity index is 468. The van der Waals surface area contributed by atoms with Crippen molar-refractivity contribution in [2.24, 2.45) is 0 Å². The molecule has 0 aromatic heterocycles. The molecule has 1 heterocycles. The van der Waals surface area contributed by atoms with Gasteiger partial charge in [0.1, 0.15) is 5.75 Å². The molecule has 1 aliphatic heterocycles. The standard InChI is InChI=1S/C16H24N2O3/c1-12-9-18(10-13(2)21-12)16(19)11-20-15-6-4-5-14(7-15)8-17-3/h4-7,12-13,17H,8-11H2,1-3H3. The van der Waals surface area contributed by atoms with Gasteiger partial charge in [-0.25, -0.2) is 0 Å². The van der Waals surface area contributed by atoms with Crippen molar-refractivity contribution in [3.63, 3.8) is 0 Å². The number of ether oxygens (including phenoxy) is 2. The molecule has 2 unspecified atom stereocenters. The van der Waals surface area contributed by atoms with Gasteiger partial charge in [0.05, 0.1) is 12.2 Å². The van der Waals surface area contributed by atoms with E-state index in [0.29, 0.717) is 13.1 Å². The van der Waals surface area contributed by atoms with Gasteiger partial charge in [-0.05, 0) is 38.6 Å². The van der Waals surface area contributed by atoms with Gasteiger partial charge in [-0.1, -0.05) is 12.1 Å². The molecular weight excluding hydrogens is 268 g/mol. The normalized spacial score (nSPS) is 22.1. The van der Waals surface area contributed by atoms with E-state index >= 15 is 0 Å². The van der Waals surface area contributed by atoms with Gasteiger partial charge < -0.3 is 19.7 Å². The van der Waals surface area contributed by atoms with E-state index in [4.69, 9.17) is 9.47 Å². The molecule has 2 rings (SSSR count). The number of nitrogens with zero attached hydrogens (tertiary/aromatic N) is 1. The Hall–Kier alpha value is -1.59. The summed E-state index contributed by atoms with van der Waals surface area (Å²) in [5.41, 5.74) is 1.14. The van der Waals surface area contributed by atoms with Gasteiger partial charge in [0, 0.05) is 19.6 Å². The van der Waals surface area contributed by atoms with Gasteiger partial charge in [-0.15, -0.1) is 0 Å². The quantitative estimate of drug-likeness (QED) is 0.892. The second-order valence-electron chi connectivity index (χ2n) is 5.52. The largest absolute Gasteiger partial charge is 0.484 e. The smallest absolute Gasteiger partial charge is 0.260 e. The van der Waals surface area contributed by atoms with Crippen LogP contribution in [0.15, 0.2) is 24.3 Å². The third kappa shape index (κ3) is 4.72. The van der Waals surface area contributed by atoms with Gasteiger partial charge in [0.15, 0.2) is 6.61 Å². The number of rotatable bonds is 5. The fourth-order valence-electron chi connectivity index (χ4n) is 2.57. The summed E-state index contributed by atoms with van der Waals surface area (Å²) in [4.78, 5) is 14.0. The van der Waals surface area contributed by atoms with Crippen molar-refractivity contribution < 1.29 is 14.3 Å². The molecule has 1 amide bonds. The molecule has 0 saturated carbocycles. The highest BCUT2D eigenvalue weighted by Gasteiger charge is 2.25. The summed E-state index contributed by atoms with van der Waals surface area (Å²) < 4.78 is 11.2. The number of carbonyl (C=O) groups is 1. The molecule has 116 valence electrons. The maximum Gasteiger partial charge on any atom is 0.260 e. The van der Waals surface area contributed by atoms with E-state index in [1.165, 1.54) is 0 Å².